The largest absolute Gasteiger partial charge is 0.496 e. The van der Waals surface area contributed by atoms with Crippen LogP contribution >= 0.6 is 12.6 Å². The number of thiol groups is 1. The van der Waals surface area contributed by atoms with Crippen LogP contribution in [0.4, 0.5) is 0 Å². The van der Waals surface area contributed by atoms with Gasteiger partial charge in [0.15, 0.2) is 0 Å². The molecule has 0 radical (unpaired) electrons. The average molecular weight is 374 g/mol. The van der Waals surface area contributed by atoms with Crippen molar-refractivity contribution in [2.24, 2.45) is 17.4 Å². The first-order valence-corrected chi connectivity index (χ1v) is 9.67. The molecule has 26 heavy (non-hydrogen) atoms. The molecule has 1 heterocycles. The van der Waals surface area contributed by atoms with Gasteiger partial charge < -0.3 is 21.1 Å². The summed E-state index contributed by atoms with van der Waals surface area (Å²) in [5.74, 6) is 1.66. The molecule has 0 saturated carbocycles. The first kappa shape index (κ1) is 20.8. The van der Waals surface area contributed by atoms with Crippen LogP contribution in [0.15, 0.2) is 53.4 Å². The Hall–Kier alpha value is -1.53. The number of rotatable bonds is 5. The molecule has 0 bridgehead atoms. The maximum absolute atomic E-state index is 5.58. The van der Waals surface area contributed by atoms with Gasteiger partial charge in [-0.1, -0.05) is 30.3 Å². The zero-order valence-corrected chi connectivity index (χ0v) is 16.5. The second-order valence-corrected chi connectivity index (χ2v) is 7.07. The predicted octanol–water partition coefficient (Wildman–Crippen LogP) is 3.27. The van der Waals surface area contributed by atoms with Crippen LogP contribution in [0.25, 0.3) is 11.1 Å². The SMILES string of the molecule is COc1ccccc1-c1ccc(S)cc1.NCCN1CCC(CN)CC1. The first-order valence-electron chi connectivity index (χ1n) is 9.22. The van der Waals surface area contributed by atoms with Gasteiger partial charge in [0.2, 0.25) is 0 Å². The Morgan fingerprint density at radius 1 is 1.04 bits per heavy atom. The molecule has 0 atom stereocenters. The maximum Gasteiger partial charge on any atom is 0.126 e. The highest BCUT2D eigenvalue weighted by atomic mass is 32.1. The van der Waals surface area contributed by atoms with Crippen molar-refractivity contribution in [3.05, 3.63) is 48.5 Å². The van der Waals surface area contributed by atoms with E-state index in [2.05, 4.69) is 17.5 Å². The Morgan fingerprint density at radius 2 is 1.69 bits per heavy atom. The number of hydrogen-bond donors (Lipinski definition) is 3. The van der Waals surface area contributed by atoms with Gasteiger partial charge in [-0.2, -0.15) is 0 Å². The summed E-state index contributed by atoms with van der Waals surface area (Å²) in [6.45, 7) is 5.08. The van der Waals surface area contributed by atoms with Crippen molar-refractivity contribution in [3.63, 3.8) is 0 Å². The second kappa shape index (κ2) is 11.2. The van der Waals surface area contributed by atoms with Crippen LogP contribution < -0.4 is 16.2 Å². The molecule has 1 fully saturated rings. The van der Waals surface area contributed by atoms with Gasteiger partial charge in [0.1, 0.15) is 5.75 Å². The number of nitrogens with two attached hydrogens (primary N) is 2. The highest BCUT2D eigenvalue weighted by Gasteiger charge is 2.16. The summed E-state index contributed by atoms with van der Waals surface area (Å²) in [6, 6.07) is 16.0. The van der Waals surface area contributed by atoms with Gasteiger partial charge >= 0.3 is 0 Å². The highest BCUT2D eigenvalue weighted by molar-refractivity contribution is 7.80. The molecule has 3 rings (SSSR count). The van der Waals surface area contributed by atoms with E-state index < -0.39 is 0 Å². The zero-order valence-electron chi connectivity index (χ0n) is 15.6. The average Bonchev–Trinajstić information content (AvgIpc) is 2.70. The number of para-hydroxylation sites is 1. The van der Waals surface area contributed by atoms with Crippen LogP contribution in [0.2, 0.25) is 0 Å². The molecule has 0 spiro atoms. The number of piperidine rings is 1. The Labute approximate surface area is 162 Å². The fourth-order valence-electron chi connectivity index (χ4n) is 3.15. The second-order valence-electron chi connectivity index (χ2n) is 6.56. The molecule has 0 amide bonds. The lowest BCUT2D eigenvalue weighted by molar-refractivity contribution is 0.192. The van der Waals surface area contributed by atoms with E-state index in [9.17, 15) is 0 Å². The number of likely N-dealkylation sites (tertiary alicyclic amines) is 1. The molecule has 1 aliphatic rings. The van der Waals surface area contributed by atoms with E-state index in [1.165, 1.54) is 25.9 Å². The highest BCUT2D eigenvalue weighted by Crippen LogP contribution is 2.29. The van der Waals surface area contributed by atoms with Crippen molar-refractivity contribution in [2.75, 3.05) is 39.8 Å². The van der Waals surface area contributed by atoms with Crippen LogP contribution in [-0.4, -0.2) is 44.7 Å². The summed E-state index contributed by atoms with van der Waals surface area (Å²) in [4.78, 5) is 3.39. The van der Waals surface area contributed by atoms with Gasteiger partial charge in [0, 0.05) is 23.5 Å². The summed E-state index contributed by atoms with van der Waals surface area (Å²) in [7, 11) is 1.69. The van der Waals surface area contributed by atoms with E-state index in [1.54, 1.807) is 7.11 Å². The Bertz CT molecular complexity index is 640. The summed E-state index contributed by atoms with van der Waals surface area (Å²) in [6.07, 6.45) is 2.52. The first-order chi connectivity index (χ1) is 12.7. The van der Waals surface area contributed by atoms with E-state index in [4.69, 9.17) is 16.2 Å². The third-order valence-electron chi connectivity index (χ3n) is 4.77. The molecule has 2 aromatic carbocycles. The number of ether oxygens (including phenoxy) is 1. The van der Waals surface area contributed by atoms with Gasteiger partial charge in [-0.3, -0.25) is 0 Å². The topological polar surface area (TPSA) is 64.5 Å². The molecule has 1 saturated heterocycles. The van der Waals surface area contributed by atoms with Crippen LogP contribution in [-0.2, 0) is 0 Å². The zero-order chi connectivity index (χ0) is 18.8. The van der Waals surface area contributed by atoms with Crippen molar-refractivity contribution in [1.29, 1.82) is 0 Å². The molecule has 0 unspecified atom stereocenters. The predicted molar refractivity (Wildman–Crippen MR) is 113 cm³/mol. The normalized spacial score (nSPS) is 15.2. The van der Waals surface area contributed by atoms with Crippen molar-refractivity contribution >= 4 is 12.6 Å². The molecule has 142 valence electrons. The molecule has 0 aromatic heterocycles. The van der Waals surface area contributed by atoms with Crippen molar-refractivity contribution < 1.29 is 4.74 Å². The minimum absolute atomic E-state index is 0.768. The molecular weight excluding hydrogens is 342 g/mol. The van der Waals surface area contributed by atoms with Crippen LogP contribution in [0.3, 0.4) is 0 Å². The summed E-state index contributed by atoms with van der Waals surface area (Å²) >= 11 is 4.26. The van der Waals surface area contributed by atoms with E-state index in [0.717, 1.165) is 47.3 Å². The number of nitrogens with zero attached hydrogens (tertiary/aromatic N) is 1. The summed E-state index contributed by atoms with van der Waals surface area (Å²) in [5, 5.41) is 0. The molecule has 0 aliphatic carbocycles. The lowest BCUT2D eigenvalue weighted by Crippen LogP contribution is -2.38. The fraction of sp³-hybridized carbons (Fsp3) is 0.429. The van der Waals surface area contributed by atoms with Crippen molar-refractivity contribution in [1.82, 2.24) is 4.90 Å². The maximum atomic E-state index is 5.58. The Balaban J connectivity index is 0.000000197. The van der Waals surface area contributed by atoms with Gasteiger partial charge in [-0.15, -0.1) is 12.6 Å². The van der Waals surface area contributed by atoms with Crippen LogP contribution in [0.1, 0.15) is 12.8 Å². The molecule has 5 heteroatoms. The monoisotopic (exact) mass is 373 g/mol. The van der Waals surface area contributed by atoms with E-state index in [1.807, 2.05) is 48.5 Å². The van der Waals surface area contributed by atoms with Crippen molar-refractivity contribution in [2.45, 2.75) is 17.7 Å². The minimum Gasteiger partial charge on any atom is -0.496 e. The lowest BCUT2D eigenvalue weighted by atomic mass is 9.97. The number of methoxy groups -OCH3 is 1. The molecule has 2 aromatic rings. The minimum atomic E-state index is 0.768. The van der Waals surface area contributed by atoms with Crippen LogP contribution in [0, 0.1) is 5.92 Å². The van der Waals surface area contributed by atoms with Gasteiger partial charge in [0.05, 0.1) is 7.11 Å². The Kier molecular flexibility index (Phi) is 8.98. The third-order valence-corrected chi connectivity index (χ3v) is 5.07. The van der Waals surface area contributed by atoms with Gasteiger partial charge in [-0.05, 0) is 62.2 Å². The van der Waals surface area contributed by atoms with E-state index in [0.29, 0.717) is 0 Å². The van der Waals surface area contributed by atoms with Gasteiger partial charge in [-0.25, -0.2) is 0 Å². The lowest BCUT2D eigenvalue weighted by Gasteiger charge is -2.30. The summed E-state index contributed by atoms with van der Waals surface area (Å²) < 4.78 is 5.31. The number of hydrogen-bond acceptors (Lipinski definition) is 5. The number of benzene rings is 2. The standard InChI is InChI=1S/C13H12OS.C8H19N3/c1-14-13-5-3-2-4-12(13)10-6-8-11(15)9-7-10;9-3-6-11-4-1-8(7-10)2-5-11/h2-9,15H,1H3;8H,1-7,9-10H2. The van der Waals surface area contributed by atoms with E-state index >= 15 is 0 Å². The third kappa shape index (κ3) is 6.32. The molecular formula is C21H31N3OS. The Morgan fingerprint density at radius 3 is 2.27 bits per heavy atom. The molecule has 1 aliphatic heterocycles. The van der Waals surface area contributed by atoms with Crippen LogP contribution in [0.5, 0.6) is 5.75 Å². The van der Waals surface area contributed by atoms with Gasteiger partial charge in [0.25, 0.3) is 0 Å². The quantitative estimate of drug-likeness (QED) is 0.704. The smallest absolute Gasteiger partial charge is 0.126 e. The molecule has 4 nitrogen and oxygen atoms in total. The fourth-order valence-corrected chi connectivity index (χ4v) is 3.30. The summed E-state index contributed by atoms with van der Waals surface area (Å²) in [5.41, 5.74) is 13.3. The van der Waals surface area contributed by atoms with E-state index in [-0.39, 0.29) is 0 Å². The molecule has 4 N–H and O–H groups in total. The van der Waals surface area contributed by atoms with Crippen molar-refractivity contribution in [3.8, 4) is 16.9 Å².